The van der Waals surface area contributed by atoms with E-state index in [9.17, 15) is 13.5 Å². The first-order valence-corrected chi connectivity index (χ1v) is 7.60. The Balaban J connectivity index is 2.24. The van der Waals surface area contributed by atoms with Gasteiger partial charge < -0.3 is 5.11 Å². The van der Waals surface area contributed by atoms with E-state index in [1.807, 2.05) is 13.8 Å². The fraction of sp³-hybridized carbons (Fsp3) is 0.538. The van der Waals surface area contributed by atoms with Crippen LogP contribution in [0.1, 0.15) is 18.9 Å². The van der Waals surface area contributed by atoms with Gasteiger partial charge in [0.15, 0.2) is 0 Å². The van der Waals surface area contributed by atoms with Gasteiger partial charge in [0, 0.05) is 13.1 Å². The highest BCUT2D eigenvalue weighted by atomic mass is 32.2. The largest absolute Gasteiger partial charge is 0.391 e. The lowest BCUT2D eigenvalue weighted by atomic mass is 9.98. The molecule has 0 aliphatic carbocycles. The van der Waals surface area contributed by atoms with Crippen molar-refractivity contribution in [1.82, 2.24) is 4.31 Å². The number of aliphatic hydroxyl groups is 1. The molecule has 2 rings (SSSR count). The summed E-state index contributed by atoms with van der Waals surface area (Å²) >= 11 is 0. The fourth-order valence-electron chi connectivity index (χ4n) is 2.10. The molecule has 1 aromatic carbocycles. The summed E-state index contributed by atoms with van der Waals surface area (Å²) in [6.07, 6.45) is 0.130. The topological polar surface area (TPSA) is 57.6 Å². The van der Waals surface area contributed by atoms with Crippen molar-refractivity contribution >= 4 is 10.0 Å². The predicted octanol–water partition coefficient (Wildman–Crippen LogP) is 1.39. The van der Waals surface area contributed by atoms with Gasteiger partial charge in [0.05, 0.1) is 11.0 Å². The monoisotopic (exact) mass is 269 g/mol. The Morgan fingerprint density at radius 2 is 1.89 bits per heavy atom. The van der Waals surface area contributed by atoms with Crippen molar-refractivity contribution in [3.05, 3.63) is 29.8 Å². The first-order chi connectivity index (χ1) is 8.41. The first kappa shape index (κ1) is 13.5. The van der Waals surface area contributed by atoms with E-state index in [2.05, 4.69) is 0 Å². The van der Waals surface area contributed by atoms with E-state index in [-0.39, 0.29) is 12.5 Å². The Labute approximate surface area is 108 Å². The highest BCUT2D eigenvalue weighted by Crippen LogP contribution is 2.23. The Morgan fingerprint density at radius 3 is 2.44 bits per heavy atom. The molecule has 0 spiro atoms. The van der Waals surface area contributed by atoms with Gasteiger partial charge in [-0.2, -0.15) is 4.31 Å². The van der Waals surface area contributed by atoms with Crippen LogP contribution in [0.5, 0.6) is 0 Å². The van der Waals surface area contributed by atoms with E-state index >= 15 is 0 Å². The molecule has 2 unspecified atom stereocenters. The Bertz CT molecular complexity index is 510. The molecule has 1 saturated heterocycles. The van der Waals surface area contributed by atoms with Gasteiger partial charge in [-0.15, -0.1) is 0 Å². The molecule has 1 N–H and O–H groups in total. The normalized spacial score (nSPS) is 26.2. The van der Waals surface area contributed by atoms with Gasteiger partial charge in [-0.1, -0.05) is 24.6 Å². The summed E-state index contributed by atoms with van der Waals surface area (Å²) in [4.78, 5) is 0.301. The maximum atomic E-state index is 12.4. The number of sulfonamides is 1. The summed E-state index contributed by atoms with van der Waals surface area (Å²) in [5, 5.41) is 9.80. The minimum Gasteiger partial charge on any atom is -0.391 e. The summed E-state index contributed by atoms with van der Waals surface area (Å²) in [5.74, 6) is 0.162. The fourth-order valence-corrected chi connectivity index (χ4v) is 3.57. The van der Waals surface area contributed by atoms with Crippen LogP contribution in [0.15, 0.2) is 29.2 Å². The van der Waals surface area contributed by atoms with Crippen molar-refractivity contribution in [3.63, 3.8) is 0 Å². The van der Waals surface area contributed by atoms with Crippen LogP contribution in [0, 0.1) is 12.8 Å². The van der Waals surface area contributed by atoms with E-state index in [1.165, 1.54) is 4.31 Å². The quantitative estimate of drug-likeness (QED) is 0.882. The Hall–Kier alpha value is -0.910. The molecule has 0 bridgehead atoms. The third-order valence-corrected chi connectivity index (χ3v) is 5.42. The van der Waals surface area contributed by atoms with E-state index in [0.29, 0.717) is 17.9 Å². The molecule has 0 radical (unpaired) electrons. The summed E-state index contributed by atoms with van der Waals surface area (Å²) < 4.78 is 26.1. The van der Waals surface area contributed by atoms with Gasteiger partial charge in [0.1, 0.15) is 0 Å². The lowest BCUT2D eigenvalue weighted by Gasteiger charge is -2.33. The van der Waals surface area contributed by atoms with Crippen molar-refractivity contribution in [2.24, 2.45) is 5.92 Å². The van der Waals surface area contributed by atoms with Crippen molar-refractivity contribution in [2.75, 3.05) is 13.1 Å². The van der Waals surface area contributed by atoms with Crippen LogP contribution in [0.25, 0.3) is 0 Å². The minimum absolute atomic E-state index is 0.162. The molecule has 2 atom stereocenters. The van der Waals surface area contributed by atoms with E-state index < -0.39 is 16.1 Å². The van der Waals surface area contributed by atoms with Crippen molar-refractivity contribution in [3.8, 4) is 0 Å². The number of nitrogens with zero attached hydrogens (tertiary/aromatic N) is 1. The van der Waals surface area contributed by atoms with Gasteiger partial charge in [-0.25, -0.2) is 8.42 Å². The molecule has 0 aromatic heterocycles. The molecular weight excluding hydrogens is 250 g/mol. The molecule has 0 saturated carbocycles. The van der Waals surface area contributed by atoms with Gasteiger partial charge in [-0.3, -0.25) is 0 Å². The van der Waals surface area contributed by atoms with E-state index in [1.54, 1.807) is 24.3 Å². The standard InChI is InChI=1S/C13H19NO3S/c1-10-3-5-12(6-4-10)18(16,17)14-8-7-11(2)13(15)9-14/h3-6,11,13,15H,7-9H2,1-2H3. The molecule has 100 valence electrons. The Morgan fingerprint density at radius 1 is 1.28 bits per heavy atom. The lowest BCUT2D eigenvalue weighted by Crippen LogP contribution is -2.45. The van der Waals surface area contributed by atoms with Crippen LogP contribution in [0.4, 0.5) is 0 Å². The van der Waals surface area contributed by atoms with Crippen LogP contribution in [0.3, 0.4) is 0 Å². The number of β-amino-alcohol motifs (C(OH)–C–C–N with tert-alkyl or cyclic N) is 1. The minimum atomic E-state index is -3.46. The summed E-state index contributed by atoms with van der Waals surface area (Å²) in [6.45, 7) is 4.54. The summed E-state index contributed by atoms with van der Waals surface area (Å²) in [5.41, 5.74) is 1.03. The zero-order valence-electron chi connectivity index (χ0n) is 10.7. The van der Waals surface area contributed by atoms with Crippen molar-refractivity contribution in [1.29, 1.82) is 0 Å². The second-order valence-corrected chi connectivity index (χ2v) is 6.95. The average Bonchev–Trinajstić information content (AvgIpc) is 2.33. The van der Waals surface area contributed by atoms with Gasteiger partial charge in [0.25, 0.3) is 0 Å². The van der Waals surface area contributed by atoms with Gasteiger partial charge in [0.2, 0.25) is 10.0 Å². The summed E-state index contributed by atoms with van der Waals surface area (Å²) in [6, 6.07) is 6.82. The van der Waals surface area contributed by atoms with Crippen LogP contribution >= 0.6 is 0 Å². The zero-order valence-corrected chi connectivity index (χ0v) is 11.5. The molecular formula is C13H19NO3S. The number of hydrogen-bond acceptors (Lipinski definition) is 3. The molecule has 1 aliphatic rings. The number of benzene rings is 1. The molecule has 5 heteroatoms. The molecule has 0 amide bonds. The second-order valence-electron chi connectivity index (χ2n) is 5.01. The molecule has 1 aliphatic heterocycles. The van der Waals surface area contributed by atoms with Crippen LogP contribution in [-0.4, -0.2) is 37.0 Å². The Kier molecular flexibility index (Phi) is 3.75. The molecule has 4 nitrogen and oxygen atoms in total. The van der Waals surface area contributed by atoms with Crippen LogP contribution in [-0.2, 0) is 10.0 Å². The molecule has 1 aromatic rings. The van der Waals surface area contributed by atoms with Crippen molar-refractivity contribution < 1.29 is 13.5 Å². The maximum Gasteiger partial charge on any atom is 0.243 e. The van der Waals surface area contributed by atoms with E-state index in [4.69, 9.17) is 0 Å². The number of aryl methyl sites for hydroxylation is 1. The maximum absolute atomic E-state index is 12.4. The van der Waals surface area contributed by atoms with Crippen LogP contribution < -0.4 is 0 Å². The average molecular weight is 269 g/mol. The lowest BCUT2D eigenvalue weighted by molar-refractivity contribution is 0.0605. The highest BCUT2D eigenvalue weighted by Gasteiger charge is 2.32. The zero-order chi connectivity index (χ0) is 13.3. The molecule has 18 heavy (non-hydrogen) atoms. The smallest absolute Gasteiger partial charge is 0.243 e. The third-order valence-electron chi connectivity index (χ3n) is 3.54. The van der Waals surface area contributed by atoms with Gasteiger partial charge >= 0.3 is 0 Å². The predicted molar refractivity (Wildman–Crippen MR) is 69.7 cm³/mol. The third kappa shape index (κ3) is 2.58. The summed E-state index contributed by atoms with van der Waals surface area (Å²) in [7, 11) is -3.46. The van der Waals surface area contributed by atoms with E-state index in [0.717, 1.165) is 5.56 Å². The first-order valence-electron chi connectivity index (χ1n) is 6.16. The molecule has 1 heterocycles. The number of hydrogen-bond donors (Lipinski definition) is 1. The molecule has 1 fully saturated rings. The SMILES string of the molecule is Cc1ccc(S(=O)(=O)N2CCC(C)C(O)C2)cc1. The van der Waals surface area contributed by atoms with Crippen LogP contribution in [0.2, 0.25) is 0 Å². The van der Waals surface area contributed by atoms with Gasteiger partial charge in [-0.05, 0) is 31.4 Å². The van der Waals surface area contributed by atoms with Crippen molar-refractivity contribution in [2.45, 2.75) is 31.3 Å². The number of aliphatic hydroxyl groups excluding tert-OH is 1. The highest BCUT2D eigenvalue weighted by molar-refractivity contribution is 7.89. The number of rotatable bonds is 2. The second kappa shape index (κ2) is 4.99. The number of piperidine rings is 1.